The van der Waals surface area contributed by atoms with Gasteiger partial charge in [0.05, 0.1) is 0 Å². The minimum absolute atomic E-state index is 0.327. The fourth-order valence-electron chi connectivity index (χ4n) is 6.65. The lowest BCUT2D eigenvalue weighted by molar-refractivity contribution is -0.164. The fraction of sp³-hybridized carbons (Fsp3) is 0.690. The maximum absolute atomic E-state index is 14.5. The highest BCUT2D eigenvalue weighted by Crippen LogP contribution is 2.39. The van der Waals surface area contributed by atoms with E-state index in [1.165, 1.54) is 22.6 Å². The van der Waals surface area contributed by atoms with E-state index in [1.807, 2.05) is 30.3 Å². The van der Waals surface area contributed by atoms with E-state index in [4.69, 9.17) is 0 Å². The number of nitrogens with zero attached hydrogens (tertiary/aromatic N) is 5. The molecule has 0 saturated carbocycles. The summed E-state index contributed by atoms with van der Waals surface area (Å²) in [6.07, 6.45) is 10.1. The summed E-state index contributed by atoms with van der Waals surface area (Å²) in [6.45, 7) is 7.36. The molecule has 8 nitrogen and oxygen atoms in total. The summed E-state index contributed by atoms with van der Waals surface area (Å²) < 4.78 is 0. The van der Waals surface area contributed by atoms with Crippen LogP contribution in [-0.2, 0) is 15.1 Å². The lowest BCUT2D eigenvalue weighted by Gasteiger charge is -2.50. The van der Waals surface area contributed by atoms with Crippen molar-refractivity contribution in [2.45, 2.75) is 63.3 Å². The summed E-state index contributed by atoms with van der Waals surface area (Å²) in [7, 11) is 0. The van der Waals surface area contributed by atoms with E-state index >= 15 is 0 Å². The number of hydrogen-bond acceptors (Lipinski definition) is 6. The van der Waals surface area contributed by atoms with Crippen LogP contribution in [0.2, 0.25) is 0 Å². The molecule has 0 N–H and O–H groups in total. The number of imide groups is 2. The van der Waals surface area contributed by atoms with Crippen molar-refractivity contribution in [2.24, 2.45) is 0 Å². The van der Waals surface area contributed by atoms with Crippen LogP contribution >= 0.6 is 0 Å². The Morgan fingerprint density at radius 2 is 0.973 bits per heavy atom. The Bertz CT molecular complexity index is 892. The number of hydrogen-bond donors (Lipinski definition) is 0. The van der Waals surface area contributed by atoms with E-state index < -0.39 is 11.6 Å². The average Bonchev–Trinajstić information content (AvgIpc) is 2.95. The molecule has 4 fully saturated rings. The summed E-state index contributed by atoms with van der Waals surface area (Å²) >= 11 is 0. The second-order valence-electron chi connectivity index (χ2n) is 11.1. The number of likely N-dealkylation sites (tertiary alicyclic amines) is 3. The van der Waals surface area contributed by atoms with Gasteiger partial charge in [0, 0.05) is 26.2 Å². The van der Waals surface area contributed by atoms with E-state index in [-0.39, 0.29) is 11.8 Å². The highest BCUT2D eigenvalue weighted by atomic mass is 16.2. The van der Waals surface area contributed by atoms with Crippen molar-refractivity contribution in [3.63, 3.8) is 0 Å². The quantitative estimate of drug-likeness (QED) is 0.502. The Hall–Kier alpha value is -2.29. The Morgan fingerprint density at radius 3 is 1.43 bits per heavy atom. The molecule has 1 aromatic rings. The third-order valence-corrected chi connectivity index (χ3v) is 8.77. The molecule has 0 bridgehead atoms. The highest BCUT2D eigenvalue weighted by molar-refractivity contribution is 6.22. The Kier molecular flexibility index (Phi) is 8.57. The Labute approximate surface area is 221 Å². The summed E-state index contributed by atoms with van der Waals surface area (Å²) in [5.74, 6) is -0.719. The standard InChI is InChI=1S/C29H43N5O3/c35-26-29(25-13-5-1-6-14-25,32-19-11-4-12-20-32)27(36)34(24-22-31-17-9-3-10-18-31)28(37)33(26)23-21-30-15-7-2-8-16-30/h1,5-6,13-14H,2-4,7-12,15-24H2. The van der Waals surface area contributed by atoms with Crippen LogP contribution in [-0.4, -0.2) is 108 Å². The minimum atomic E-state index is -1.47. The van der Waals surface area contributed by atoms with Gasteiger partial charge in [-0.05, 0) is 83.4 Å². The van der Waals surface area contributed by atoms with Gasteiger partial charge in [-0.15, -0.1) is 0 Å². The van der Waals surface area contributed by atoms with Crippen LogP contribution in [0, 0.1) is 0 Å². The van der Waals surface area contributed by atoms with Crippen molar-refractivity contribution in [3.05, 3.63) is 35.9 Å². The summed E-state index contributed by atoms with van der Waals surface area (Å²) in [5, 5.41) is 0. The molecule has 8 heteroatoms. The van der Waals surface area contributed by atoms with E-state index in [0.717, 1.165) is 71.1 Å². The van der Waals surface area contributed by atoms with Crippen LogP contribution in [0.25, 0.3) is 0 Å². The molecule has 4 heterocycles. The highest BCUT2D eigenvalue weighted by Gasteiger charge is 2.61. The van der Waals surface area contributed by atoms with Crippen molar-refractivity contribution in [1.29, 1.82) is 0 Å². The number of rotatable bonds is 8. The average molecular weight is 510 g/mol. The topological polar surface area (TPSA) is 67.4 Å². The summed E-state index contributed by atoms with van der Waals surface area (Å²) in [4.78, 5) is 52.4. The van der Waals surface area contributed by atoms with Crippen LogP contribution in [0.4, 0.5) is 4.79 Å². The molecule has 0 unspecified atom stereocenters. The minimum Gasteiger partial charge on any atom is -0.302 e. The predicted octanol–water partition coefficient (Wildman–Crippen LogP) is 3.13. The largest absolute Gasteiger partial charge is 0.333 e. The van der Waals surface area contributed by atoms with Crippen molar-refractivity contribution < 1.29 is 14.4 Å². The van der Waals surface area contributed by atoms with Crippen molar-refractivity contribution in [1.82, 2.24) is 24.5 Å². The first-order valence-electron chi connectivity index (χ1n) is 14.6. The normalized spacial score (nSPS) is 24.6. The zero-order chi connectivity index (χ0) is 25.7. The van der Waals surface area contributed by atoms with Gasteiger partial charge < -0.3 is 9.80 Å². The maximum atomic E-state index is 14.5. The van der Waals surface area contributed by atoms with Gasteiger partial charge >= 0.3 is 6.03 Å². The van der Waals surface area contributed by atoms with Crippen molar-refractivity contribution in [2.75, 3.05) is 65.4 Å². The molecule has 202 valence electrons. The van der Waals surface area contributed by atoms with Crippen LogP contribution in [0.1, 0.15) is 63.4 Å². The number of piperidine rings is 3. The third-order valence-electron chi connectivity index (χ3n) is 8.77. The SMILES string of the molecule is O=C1N(CCN2CCCCC2)C(=O)C(c2ccccc2)(N2CCCCC2)C(=O)N1CCN1CCCCC1. The molecule has 4 saturated heterocycles. The van der Waals surface area contributed by atoms with E-state index in [1.54, 1.807) is 0 Å². The molecule has 4 aliphatic heterocycles. The second kappa shape index (κ2) is 12.0. The molecule has 0 spiro atoms. The zero-order valence-electron chi connectivity index (χ0n) is 22.3. The van der Waals surface area contributed by atoms with E-state index in [2.05, 4.69) is 14.7 Å². The molecular weight excluding hydrogens is 466 g/mol. The number of amides is 4. The smallest absolute Gasteiger partial charge is 0.302 e. The molecule has 0 aliphatic carbocycles. The maximum Gasteiger partial charge on any atom is 0.333 e. The second-order valence-corrected chi connectivity index (χ2v) is 11.1. The fourth-order valence-corrected chi connectivity index (χ4v) is 6.65. The van der Waals surface area contributed by atoms with E-state index in [9.17, 15) is 14.4 Å². The monoisotopic (exact) mass is 509 g/mol. The van der Waals surface area contributed by atoms with Gasteiger partial charge in [-0.2, -0.15) is 0 Å². The number of benzene rings is 1. The van der Waals surface area contributed by atoms with Crippen molar-refractivity contribution in [3.8, 4) is 0 Å². The van der Waals surface area contributed by atoms with Crippen LogP contribution in [0.5, 0.6) is 0 Å². The Morgan fingerprint density at radius 1 is 0.541 bits per heavy atom. The number of carbonyl (C=O) groups excluding carboxylic acids is 3. The molecule has 0 radical (unpaired) electrons. The molecule has 1 aromatic carbocycles. The molecule has 0 aromatic heterocycles. The lowest BCUT2D eigenvalue weighted by atomic mass is 9.81. The van der Waals surface area contributed by atoms with Gasteiger partial charge in [0.2, 0.25) is 5.54 Å². The van der Waals surface area contributed by atoms with E-state index in [0.29, 0.717) is 44.8 Å². The van der Waals surface area contributed by atoms with Crippen molar-refractivity contribution >= 4 is 17.8 Å². The number of carbonyl (C=O) groups is 3. The van der Waals surface area contributed by atoms with Crippen LogP contribution < -0.4 is 0 Å². The predicted molar refractivity (Wildman–Crippen MR) is 143 cm³/mol. The number of urea groups is 1. The summed E-state index contributed by atoms with van der Waals surface area (Å²) in [5.41, 5.74) is -0.787. The van der Waals surface area contributed by atoms with Gasteiger partial charge in [-0.3, -0.25) is 24.3 Å². The van der Waals surface area contributed by atoms with Gasteiger partial charge in [0.15, 0.2) is 0 Å². The van der Waals surface area contributed by atoms with Crippen LogP contribution in [0.15, 0.2) is 30.3 Å². The van der Waals surface area contributed by atoms with Gasteiger partial charge in [-0.1, -0.05) is 49.6 Å². The molecule has 4 aliphatic rings. The molecular formula is C29H43N5O3. The van der Waals surface area contributed by atoms with Gasteiger partial charge in [0.25, 0.3) is 11.8 Å². The summed E-state index contributed by atoms with van der Waals surface area (Å²) in [6, 6.07) is 9.06. The molecule has 4 amide bonds. The number of barbiturate groups is 1. The first-order valence-corrected chi connectivity index (χ1v) is 14.6. The Balaban J connectivity index is 1.49. The first-order chi connectivity index (χ1) is 18.1. The molecule has 37 heavy (non-hydrogen) atoms. The first kappa shape index (κ1) is 26.3. The lowest BCUT2D eigenvalue weighted by Crippen LogP contribution is -2.73. The van der Waals surface area contributed by atoms with Crippen LogP contribution in [0.3, 0.4) is 0 Å². The zero-order valence-corrected chi connectivity index (χ0v) is 22.3. The van der Waals surface area contributed by atoms with Gasteiger partial charge in [-0.25, -0.2) is 4.79 Å². The molecule has 0 atom stereocenters. The van der Waals surface area contributed by atoms with Gasteiger partial charge in [0.1, 0.15) is 0 Å². The molecule has 5 rings (SSSR count). The third kappa shape index (κ3) is 5.33.